The first-order valence-corrected chi connectivity index (χ1v) is 9.29. The number of carbonyl (C=O) groups excluding carboxylic acids is 1. The second kappa shape index (κ2) is 7.44. The summed E-state index contributed by atoms with van der Waals surface area (Å²) in [5.74, 6) is -0.0816. The maximum absolute atomic E-state index is 12.8. The summed E-state index contributed by atoms with van der Waals surface area (Å²) in [5.41, 5.74) is 3.87. The zero-order valence-electron chi connectivity index (χ0n) is 15.6. The van der Waals surface area contributed by atoms with Crippen LogP contribution in [0.5, 0.6) is 0 Å². The fourth-order valence-electron chi connectivity index (χ4n) is 3.13. The van der Waals surface area contributed by atoms with E-state index in [-0.39, 0.29) is 5.91 Å². The number of nitrogens with zero attached hydrogens (tertiary/aromatic N) is 4. The van der Waals surface area contributed by atoms with Gasteiger partial charge in [0.25, 0.3) is 5.91 Å². The van der Waals surface area contributed by atoms with Gasteiger partial charge in [-0.2, -0.15) is 5.10 Å². The zero-order valence-corrected chi connectivity index (χ0v) is 16.4. The number of hydrogen-bond donors (Lipinski definition) is 0. The molecule has 1 amide bonds. The van der Waals surface area contributed by atoms with Crippen LogP contribution in [0.1, 0.15) is 15.9 Å². The van der Waals surface area contributed by atoms with Crippen molar-refractivity contribution in [1.29, 1.82) is 0 Å². The Hall–Kier alpha value is -3.18. The lowest BCUT2D eigenvalue weighted by atomic mass is 10.1. The maximum atomic E-state index is 12.8. The van der Waals surface area contributed by atoms with E-state index in [1.54, 1.807) is 29.9 Å². The van der Waals surface area contributed by atoms with Crippen LogP contribution in [0.4, 0.5) is 0 Å². The van der Waals surface area contributed by atoms with E-state index in [9.17, 15) is 4.79 Å². The third-order valence-corrected chi connectivity index (χ3v) is 4.96. The van der Waals surface area contributed by atoms with Crippen LogP contribution in [-0.4, -0.2) is 39.7 Å². The van der Waals surface area contributed by atoms with E-state index in [4.69, 9.17) is 16.6 Å². The highest BCUT2D eigenvalue weighted by Gasteiger charge is 2.19. The third kappa shape index (κ3) is 3.37. The van der Waals surface area contributed by atoms with E-state index >= 15 is 0 Å². The number of amides is 1. The Morgan fingerprint density at radius 2 is 1.79 bits per heavy atom. The van der Waals surface area contributed by atoms with Crippen LogP contribution in [0.25, 0.3) is 22.3 Å². The summed E-state index contributed by atoms with van der Waals surface area (Å²) in [6.45, 7) is 0.476. The minimum Gasteiger partial charge on any atom is -0.345 e. The fourth-order valence-corrected chi connectivity index (χ4v) is 3.32. The topological polar surface area (TPSA) is 51.0 Å². The molecule has 0 bridgehead atoms. The van der Waals surface area contributed by atoms with E-state index in [2.05, 4.69) is 5.10 Å². The van der Waals surface area contributed by atoms with Gasteiger partial charge in [-0.15, -0.1) is 0 Å². The Bertz CT molecular complexity index is 1150. The zero-order chi connectivity index (χ0) is 19.7. The molecule has 140 valence electrons. The number of aromatic nitrogens is 3. The molecule has 0 radical (unpaired) electrons. The SMILES string of the molecule is CN(C)C(=O)c1cc(-c2ccccc2)nc2c1cnn2Cc1ccccc1Cl. The molecule has 4 rings (SSSR count). The molecule has 0 spiro atoms. The first-order valence-electron chi connectivity index (χ1n) is 8.91. The summed E-state index contributed by atoms with van der Waals surface area (Å²) in [5, 5.41) is 5.90. The largest absolute Gasteiger partial charge is 0.345 e. The summed E-state index contributed by atoms with van der Waals surface area (Å²) in [6.07, 6.45) is 1.70. The predicted molar refractivity (Wildman–Crippen MR) is 112 cm³/mol. The van der Waals surface area contributed by atoms with Crippen LogP contribution in [-0.2, 0) is 6.54 Å². The lowest BCUT2D eigenvalue weighted by molar-refractivity contribution is 0.0829. The van der Waals surface area contributed by atoms with Gasteiger partial charge in [-0.1, -0.05) is 60.1 Å². The lowest BCUT2D eigenvalue weighted by Gasteiger charge is -2.13. The summed E-state index contributed by atoms with van der Waals surface area (Å²) >= 11 is 6.32. The maximum Gasteiger partial charge on any atom is 0.254 e. The van der Waals surface area contributed by atoms with E-state index in [0.29, 0.717) is 22.8 Å². The molecule has 6 heteroatoms. The smallest absolute Gasteiger partial charge is 0.254 e. The fraction of sp³-hybridized carbons (Fsp3) is 0.136. The van der Waals surface area contributed by atoms with Crippen molar-refractivity contribution in [3.8, 4) is 11.3 Å². The number of carbonyl (C=O) groups is 1. The molecule has 0 aliphatic heterocycles. The Kier molecular flexibility index (Phi) is 4.84. The van der Waals surface area contributed by atoms with Gasteiger partial charge in [0.15, 0.2) is 5.65 Å². The van der Waals surface area contributed by atoms with Gasteiger partial charge in [0.05, 0.1) is 29.4 Å². The van der Waals surface area contributed by atoms with Crippen molar-refractivity contribution < 1.29 is 4.79 Å². The molecule has 0 saturated heterocycles. The number of rotatable bonds is 4. The average Bonchev–Trinajstić information content (AvgIpc) is 3.12. The predicted octanol–water partition coefficient (Wildman–Crippen LogP) is 4.50. The molecule has 0 aliphatic rings. The highest BCUT2D eigenvalue weighted by atomic mass is 35.5. The molecule has 0 N–H and O–H groups in total. The normalized spacial score (nSPS) is 11.0. The van der Waals surface area contributed by atoms with Gasteiger partial charge < -0.3 is 4.90 Å². The van der Waals surface area contributed by atoms with Gasteiger partial charge in [0.2, 0.25) is 0 Å². The third-order valence-electron chi connectivity index (χ3n) is 4.59. The van der Waals surface area contributed by atoms with Crippen molar-refractivity contribution in [2.45, 2.75) is 6.54 Å². The molecule has 0 saturated carbocycles. The van der Waals surface area contributed by atoms with E-state index in [0.717, 1.165) is 22.2 Å². The van der Waals surface area contributed by atoms with E-state index in [1.165, 1.54) is 0 Å². The van der Waals surface area contributed by atoms with Gasteiger partial charge in [0, 0.05) is 24.7 Å². The lowest BCUT2D eigenvalue weighted by Crippen LogP contribution is -2.22. The molecule has 5 nitrogen and oxygen atoms in total. The molecule has 0 unspecified atom stereocenters. The van der Waals surface area contributed by atoms with Crippen molar-refractivity contribution in [3.05, 3.63) is 83.0 Å². The van der Waals surface area contributed by atoms with Crippen LogP contribution in [0.2, 0.25) is 5.02 Å². The molecule has 0 fully saturated rings. The number of pyridine rings is 1. The molecule has 2 aromatic heterocycles. The van der Waals surface area contributed by atoms with Crippen molar-refractivity contribution in [2.75, 3.05) is 14.1 Å². The van der Waals surface area contributed by atoms with Gasteiger partial charge in [-0.25, -0.2) is 9.67 Å². The van der Waals surface area contributed by atoms with Gasteiger partial charge >= 0.3 is 0 Å². The summed E-state index contributed by atoms with van der Waals surface area (Å²) in [7, 11) is 3.48. The number of fused-ring (bicyclic) bond motifs is 1. The second-order valence-electron chi connectivity index (χ2n) is 6.75. The first kappa shape index (κ1) is 18.2. The second-order valence-corrected chi connectivity index (χ2v) is 7.16. The van der Waals surface area contributed by atoms with Crippen LogP contribution in [0.3, 0.4) is 0 Å². The quantitative estimate of drug-likeness (QED) is 0.515. The Balaban J connectivity index is 1.90. The molecule has 0 atom stereocenters. The summed E-state index contributed by atoms with van der Waals surface area (Å²) in [4.78, 5) is 19.2. The summed E-state index contributed by atoms with van der Waals surface area (Å²) in [6, 6.07) is 19.3. The van der Waals surface area contributed by atoms with Crippen molar-refractivity contribution in [2.24, 2.45) is 0 Å². The van der Waals surface area contributed by atoms with Crippen LogP contribution < -0.4 is 0 Å². The monoisotopic (exact) mass is 390 g/mol. The molecule has 2 heterocycles. The molecular formula is C22H19ClN4O. The molecule has 2 aromatic carbocycles. The highest BCUT2D eigenvalue weighted by molar-refractivity contribution is 6.31. The van der Waals surface area contributed by atoms with E-state index in [1.807, 2.05) is 60.7 Å². The van der Waals surface area contributed by atoms with Gasteiger partial charge in [0.1, 0.15) is 0 Å². The minimum absolute atomic E-state index is 0.0816. The minimum atomic E-state index is -0.0816. The van der Waals surface area contributed by atoms with Gasteiger partial charge in [-0.3, -0.25) is 4.79 Å². The standard InChI is InChI=1S/C22H19ClN4O/c1-26(2)22(28)17-12-20(15-8-4-3-5-9-15)25-21-18(17)13-24-27(21)14-16-10-6-7-11-19(16)23/h3-13H,14H2,1-2H3. The van der Waals surface area contributed by atoms with Crippen molar-refractivity contribution >= 4 is 28.5 Å². The molecule has 28 heavy (non-hydrogen) atoms. The van der Waals surface area contributed by atoms with Crippen LogP contribution in [0, 0.1) is 0 Å². The summed E-state index contributed by atoms with van der Waals surface area (Å²) < 4.78 is 1.79. The Morgan fingerprint density at radius 3 is 2.50 bits per heavy atom. The Morgan fingerprint density at radius 1 is 1.07 bits per heavy atom. The first-order chi connectivity index (χ1) is 13.5. The van der Waals surface area contributed by atoms with Crippen molar-refractivity contribution in [1.82, 2.24) is 19.7 Å². The number of halogens is 1. The average molecular weight is 391 g/mol. The van der Waals surface area contributed by atoms with Crippen LogP contribution >= 0.6 is 11.6 Å². The highest BCUT2D eigenvalue weighted by Crippen LogP contribution is 2.26. The van der Waals surface area contributed by atoms with E-state index < -0.39 is 0 Å². The van der Waals surface area contributed by atoms with Gasteiger partial charge in [-0.05, 0) is 17.7 Å². The van der Waals surface area contributed by atoms with Crippen LogP contribution in [0.15, 0.2) is 66.9 Å². The Labute approximate surface area is 168 Å². The van der Waals surface area contributed by atoms with Crippen molar-refractivity contribution in [3.63, 3.8) is 0 Å². The molecule has 0 aliphatic carbocycles. The number of hydrogen-bond acceptors (Lipinski definition) is 3. The number of benzene rings is 2. The molecular weight excluding hydrogens is 372 g/mol. The molecule has 4 aromatic rings.